The fourth-order valence-electron chi connectivity index (χ4n) is 5.39. The molecule has 0 saturated heterocycles. The molecule has 0 spiro atoms. The van der Waals surface area contributed by atoms with E-state index in [-0.39, 0.29) is 53.2 Å². The average molecular weight is 620 g/mol. The summed E-state index contributed by atoms with van der Waals surface area (Å²) in [5.41, 5.74) is 2.14. The van der Waals surface area contributed by atoms with Gasteiger partial charge in [-0.1, -0.05) is 56.1 Å². The normalized spacial score (nSPS) is 23.9. The smallest absolute Gasteiger partial charge is 0.309 e. The van der Waals surface area contributed by atoms with Gasteiger partial charge >= 0.3 is 11.9 Å². The summed E-state index contributed by atoms with van der Waals surface area (Å²) in [6.45, 7) is 4.35. The Bertz CT molecular complexity index is 996. The average Bonchev–Trinajstić information content (AvgIpc) is 3.77. The standard InChI is InChI=1S/C29H32Br2O5/c1-3-35-28(33)26-15-24(26)22(17-5-9-19(30)10-6-17)13-21(32)14-23(18-7-11-20(31)12-8-18)25-16-27(25)29(34)36-4-2/h5-12,22-27H,3-4,13-16H2,1-2H3. The molecule has 6 atom stereocenters. The molecule has 7 heteroatoms. The maximum atomic E-state index is 13.6. The van der Waals surface area contributed by atoms with E-state index in [1.165, 1.54) is 0 Å². The topological polar surface area (TPSA) is 69.7 Å². The first-order chi connectivity index (χ1) is 17.3. The van der Waals surface area contributed by atoms with Crippen molar-refractivity contribution in [2.75, 3.05) is 13.2 Å². The molecule has 2 aromatic carbocycles. The van der Waals surface area contributed by atoms with Crippen LogP contribution in [0.5, 0.6) is 0 Å². The van der Waals surface area contributed by atoms with Crippen LogP contribution < -0.4 is 0 Å². The van der Waals surface area contributed by atoms with Gasteiger partial charge in [0.15, 0.2) is 0 Å². The highest BCUT2D eigenvalue weighted by atomic mass is 79.9. The Hall–Kier alpha value is -1.99. The van der Waals surface area contributed by atoms with E-state index >= 15 is 0 Å². The molecule has 2 aliphatic carbocycles. The Kier molecular flexibility index (Phi) is 9.05. The monoisotopic (exact) mass is 618 g/mol. The van der Waals surface area contributed by atoms with Gasteiger partial charge in [-0.3, -0.25) is 14.4 Å². The molecule has 0 aliphatic heterocycles. The van der Waals surface area contributed by atoms with Crippen molar-refractivity contribution in [2.45, 2.75) is 51.4 Å². The molecular weight excluding hydrogens is 588 g/mol. The van der Waals surface area contributed by atoms with Crippen LogP contribution in [0, 0.1) is 23.7 Å². The molecule has 2 saturated carbocycles. The fraction of sp³-hybridized carbons (Fsp3) is 0.483. The SMILES string of the molecule is CCOC(=O)C1CC1C(CC(=O)CC(c1ccc(Br)cc1)C1CC1C(=O)OCC)c1ccc(Br)cc1. The number of hydrogen-bond donors (Lipinski definition) is 0. The summed E-state index contributed by atoms with van der Waals surface area (Å²) in [7, 11) is 0. The first kappa shape index (κ1) is 27.1. The van der Waals surface area contributed by atoms with Crippen molar-refractivity contribution in [2.24, 2.45) is 23.7 Å². The van der Waals surface area contributed by atoms with Crippen LogP contribution in [-0.4, -0.2) is 30.9 Å². The summed E-state index contributed by atoms with van der Waals surface area (Å²) in [4.78, 5) is 38.3. The van der Waals surface area contributed by atoms with Crippen LogP contribution in [0.15, 0.2) is 57.5 Å². The number of carbonyl (C=O) groups excluding carboxylic acids is 3. The van der Waals surface area contributed by atoms with Crippen LogP contribution in [-0.2, 0) is 23.9 Å². The minimum Gasteiger partial charge on any atom is -0.466 e. The lowest BCUT2D eigenvalue weighted by atomic mass is 9.83. The third kappa shape index (κ3) is 6.65. The quantitative estimate of drug-likeness (QED) is 0.244. The molecule has 0 aromatic heterocycles. The third-order valence-corrected chi connectivity index (χ3v) is 8.44. The van der Waals surface area contributed by atoms with Crippen molar-refractivity contribution >= 4 is 49.6 Å². The molecule has 2 fully saturated rings. The lowest BCUT2D eigenvalue weighted by Crippen LogP contribution is -2.17. The van der Waals surface area contributed by atoms with Crippen molar-refractivity contribution in [1.82, 2.24) is 0 Å². The molecular formula is C29H32Br2O5. The zero-order valence-corrected chi connectivity index (χ0v) is 23.8. The summed E-state index contributed by atoms with van der Waals surface area (Å²) in [6.07, 6.45) is 2.23. The summed E-state index contributed by atoms with van der Waals surface area (Å²) in [5.74, 6) is -0.339. The van der Waals surface area contributed by atoms with Gasteiger partial charge in [-0.2, -0.15) is 0 Å². The molecule has 6 unspecified atom stereocenters. The molecule has 4 rings (SSSR count). The Morgan fingerprint density at radius 3 is 1.42 bits per heavy atom. The molecule has 2 aromatic rings. The Labute approximate surface area is 229 Å². The maximum absolute atomic E-state index is 13.6. The van der Waals surface area contributed by atoms with Gasteiger partial charge in [0.05, 0.1) is 25.0 Å². The lowest BCUT2D eigenvalue weighted by Gasteiger charge is -2.21. The summed E-state index contributed by atoms with van der Waals surface area (Å²) in [5, 5.41) is 0. The van der Waals surface area contributed by atoms with Crippen LogP contribution in [0.2, 0.25) is 0 Å². The number of carbonyl (C=O) groups is 3. The second-order valence-electron chi connectivity index (χ2n) is 9.78. The third-order valence-electron chi connectivity index (χ3n) is 7.38. The van der Waals surface area contributed by atoms with Gasteiger partial charge in [0.2, 0.25) is 0 Å². The second-order valence-corrected chi connectivity index (χ2v) is 11.6. The van der Waals surface area contributed by atoms with E-state index in [0.717, 1.165) is 32.9 Å². The van der Waals surface area contributed by atoms with E-state index in [0.29, 0.717) is 26.1 Å². The van der Waals surface area contributed by atoms with Crippen LogP contribution in [0.1, 0.15) is 62.5 Å². The van der Waals surface area contributed by atoms with E-state index in [9.17, 15) is 14.4 Å². The van der Waals surface area contributed by atoms with E-state index < -0.39 is 0 Å². The first-order valence-corrected chi connectivity index (χ1v) is 14.3. The van der Waals surface area contributed by atoms with E-state index in [4.69, 9.17) is 9.47 Å². The summed E-state index contributed by atoms with van der Waals surface area (Å²) >= 11 is 6.97. The van der Waals surface area contributed by atoms with E-state index in [2.05, 4.69) is 31.9 Å². The molecule has 0 heterocycles. The van der Waals surface area contributed by atoms with Gasteiger partial charge in [0.25, 0.3) is 0 Å². The van der Waals surface area contributed by atoms with Crippen molar-refractivity contribution < 1.29 is 23.9 Å². The van der Waals surface area contributed by atoms with Crippen LogP contribution >= 0.6 is 31.9 Å². The highest BCUT2D eigenvalue weighted by Crippen LogP contribution is 2.53. The predicted molar refractivity (Wildman–Crippen MR) is 144 cm³/mol. The van der Waals surface area contributed by atoms with Crippen molar-refractivity contribution in [3.8, 4) is 0 Å². The van der Waals surface area contributed by atoms with E-state index in [1.807, 2.05) is 62.4 Å². The molecule has 2 aliphatic rings. The van der Waals surface area contributed by atoms with E-state index in [1.54, 1.807) is 0 Å². The van der Waals surface area contributed by atoms with Gasteiger partial charge in [0.1, 0.15) is 5.78 Å². The number of halogens is 2. The van der Waals surface area contributed by atoms with Gasteiger partial charge in [0, 0.05) is 21.8 Å². The number of rotatable bonds is 12. The molecule has 0 bridgehead atoms. The second kappa shape index (κ2) is 12.0. The minimum absolute atomic E-state index is 0.0365. The molecule has 0 N–H and O–H groups in total. The highest BCUT2D eigenvalue weighted by molar-refractivity contribution is 9.10. The predicted octanol–water partition coefficient (Wildman–Crippen LogP) is 6.83. The van der Waals surface area contributed by atoms with Gasteiger partial charge < -0.3 is 9.47 Å². The van der Waals surface area contributed by atoms with Crippen LogP contribution in [0.25, 0.3) is 0 Å². The number of esters is 2. The Morgan fingerprint density at radius 2 is 1.08 bits per heavy atom. The molecule has 0 amide bonds. The maximum Gasteiger partial charge on any atom is 0.309 e. The van der Waals surface area contributed by atoms with Crippen LogP contribution in [0.4, 0.5) is 0 Å². The molecule has 192 valence electrons. The van der Waals surface area contributed by atoms with Gasteiger partial charge in [-0.05, 0) is 85.8 Å². The largest absolute Gasteiger partial charge is 0.466 e. The number of benzene rings is 2. The number of hydrogen-bond acceptors (Lipinski definition) is 5. The molecule has 5 nitrogen and oxygen atoms in total. The highest BCUT2D eigenvalue weighted by Gasteiger charge is 2.51. The zero-order valence-electron chi connectivity index (χ0n) is 20.6. The van der Waals surface area contributed by atoms with Crippen molar-refractivity contribution in [3.63, 3.8) is 0 Å². The number of ketones is 1. The van der Waals surface area contributed by atoms with Gasteiger partial charge in [-0.15, -0.1) is 0 Å². The number of Topliss-reactive ketones (excluding diaryl/α,β-unsaturated/α-hetero) is 1. The van der Waals surface area contributed by atoms with Crippen molar-refractivity contribution in [1.29, 1.82) is 0 Å². The zero-order chi connectivity index (χ0) is 25.8. The Morgan fingerprint density at radius 1 is 0.722 bits per heavy atom. The van der Waals surface area contributed by atoms with Crippen molar-refractivity contribution in [3.05, 3.63) is 68.6 Å². The lowest BCUT2D eigenvalue weighted by molar-refractivity contribution is -0.146. The van der Waals surface area contributed by atoms with Gasteiger partial charge in [-0.25, -0.2) is 0 Å². The van der Waals surface area contributed by atoms with Crippen LogP contribution in [0.3, 0.4) is 0 Å². The Balaban J connectivity index is 1.51. The fourth-order valence-corrected chi connectivity index (χ4v) is 5.91. The minimum atomic E-state index is -0.167. The first-order valence-electron chi connectivity index (χ1n) is 12.7. The molecule has 0 radical (unpaired) electrons. The summed E-state index contributed by atoms with van der Waals surface area (Å²) in [6, 6.07) is 16.1. The molecule has 36 heavy (non-hydrogen) atoms. The number of ether oxygens (including phenoxy) is 2. The summed E-state index contributed by atoms with van der Waals surface area (Å²) < 4.78 is 12.5.